The molecule has 0 aliphatic carbocycles. The molecule has 2 rings (SSSR count). The van der Waals surface area contributed by atoms with E-state index in [-0.39, 0.29) is 30.5 Å². The molecule has 1 saturated heterocycles. The molecule has 0 saturated carbocycles. The normalized spacial score (nSPS) is 29.2. The molecule has 0 aromatic carbocycles. The molecular formula is C15H24ClN3O5S2. The highest BCUT2D eigenvalue weighted by Gasteiger charge is 2.57. The lowest BCUT2D eigenvalue weighted by molar-refractivity contribution is 0.0546. The standard InChI is InChI=1S/C15H24ClN3O5S2/c1-9(16)11(25)15-8-23-7-6-10(15)26(21,22)19(5)12(18-15)17-13(20)24-14(2,3)4/h9-10H,6-8H2,1-5H3,(H,17,18,20). The number of nitrogens with zero attached hydrogens (tertiary/aromatic N) is 2. The van der Waals surface area contributed by atoms with Crippen molar-refractivity contribution in [2.24, 2.45) is 4.99 Å². The zero-order valence-corrected chi connectivity index (χ0v) is 17.8. The van der Waals surface area contributed by atoms with Gasteiger partial charge in [0.25, 0.3) is 0 Å². The molecule has 0 bridgehead atoms. The molecule has 8 nitrogen and oxygen atoms in total. The minimum Gasteiger partial charge on any atom is -0.444 e. The first-order valence-electron chi connectivity index (χ1n) is 8.15. The van der Waals surface area contributed by atoms with Gasteiger partial charge in [-0.15, -0.1) is 11.6 Å². The number of aliphatic imine (C=N–C) groups is 1. The molecular weight excluding hydrogens is 402 g/mol. The van der Waals surface area contributed by atoms with Crippen molar-refractivity contribution in [1.82, 2.24) is 9.62 Å². The quantitative estimate of drug-likeness (QED) is 0.533. The van der Waals surface area contributed by atoms with Gasteiger partial charge in [0.15, 0.2) is 0 Å². The predicted octanol–water partition coefficient (Wildman–Crippen LogP) is 1.67. The summed E-state index contributed by atoms with van der Waals surface area (Å²) in [6.07, 6.45) is -0.576. The number of carbonyl (C=O) groups excluding carboxylic acids is 1. The summed E-state index contributed by atoms with van der Waals surface area (Å²) in [5, 5.41) is 0.915. The van der Waals surface area contributed by atoms with Crippen molar-refractivity contribution in [2.45, 2.75) is 55.9 Å². The number of rotatable bonds is 2. The summed E-state index contributed by atoms with van der Waals surface area (Å²) in [6.45, 7) is 7.03. The Morgan fingerprint density at radius 1 is 1.54 bits per heavy atom. The molecule has 1 N–H and O–H groups in total. The fraction of sp³-hybridized carbons (Fsp3) is 0.800. The van der Waals surface area contributed by atoms with Crippen LogP contribution in [0.4, 0.5) is 4.79 Å². The maximum absolute atomic E-state index is 13.1. The number of carbonyl (C=O) groups is 1. The summed E-state index contributed by atoms with van der Waals surface area (Å²) in [5.41, 5.74) is -2.07. The number of hydrogen-bond donors (Lipinski definition) is 1. The molecule has 3 unspecified atom stereocenters. The second kappa shape index (κ2) is 7.21. The predicted molar refractivity (Wildman–Crippen MR) is 103 cm³/mol. The molecule has 2 heterocycles. The van der Waals surface area contributed by atoms with E-state index in [1.165, 1.54) is 7.05 Å². The summed E-state index contributed by atoms with van der Waals surface area (Å²) < 4.78 is 37.7. The van der Waals surface area contributed by atoms with Gasteiger partial charge in [-0.2, -0.15) is 0 Å². The summed E-state index contributed by atoms with van der Waals surface area (Å²) in [7, 11) is -2.50. The second-order valence-electron chi connectivity index (χ2n) is 7.31. The third kappa shape index (κ3) is 3.97. The highest BCUT2D eigenvalue weighted by atomic mass is 35.5. The first kappa shape index (κ1) is 21.3. The summed E-state index contributed by atoms with van der Waals surface area (Å²) in [6, 6.07) is 0. The van der Waals surface area contributed by atoms with E-state index in [0.717, 1.165) is 4.31 Å². The van der Waals surface area contributed by atoms with Gasteiger partial charge in [-0.05, 0) is 34.1 Å². The Morgan fingerprint density at radius 3 is 2.69 bits per heavy atom. The fourth-order valence-electron chi connectivity index (χ4n) is 2.95. The molecule has 0 aromatic heterocycles. The van der Waals surface area contributed by atoms with Crippen LogP contribution in [0, 0.1) is 0 Å². The highest BCUT2D eigenvalue weighted by molar-refractivity contribution is 7.90. The van der Waals surface area contributed by atoms with E-state index in [0.29, 0.717) is 0 Å². The van der Waals surface area contributed by atoms with Crippen LogP contribution >= 0.6 is 23.8 Å². The fourth-order valence-corrected chi connectivity index (χ4v) is 5.31. The Morgan fingerprint density at radius 2 is 2.15 bits per heavy atom. The monoisotopic (exact) mass is 425 g/mol. The van der Waals surface area contributed by atoms with Gasteiger partial charge in [-0.25, -0.2) is 22.5 Å². The minimum atomic E-state index is -3.83. The van der Waals surface area contributed by atoms with Crippen LogP contribution in [0.5, 0.6) is 0 Å². The summed E-state index contributed by atoms with van der Waals surface area (Å²) in [5.74, 6) is -0.166. The maximum atomic E-state index is 13.1. The number of halogens is 1. The molecule has 0 spiro atoms. The smallest absolute Gasteiger partial charge is 0.414 e. The SMILES string of the molecule is CC(Cl)C(=S)C12COCCC1S(=O)(=O)N(C)C(NC(=O)OC(C)(C)C)=N2. The van der Waals surface area contributed by atoms with E-state index < -0.39 is 37.9 Å². The van der Waals surface area contributed by atoms with Gasteiger partial charge in [-0.3, -0.25) is 5.32 Å². The van der Waals surface area contributed by atoms with Crippen LogP contribution in [0.15, 0.2) is 4.99 Å². The van der Waals surface area contributed by atoms with E-state index in [2.05, 4.69) is 10.3 Å². The largest absolute Gasteiger partial charge is 0.444 e. The molecule has 2 aliphatic rings. The number of thiocarbonyl (C=S) groups is 1. The zero-order valence-electron chi connectivity index (χ0n) is 15.4. The number of ether oxygens (including phenoxy) is 2. The Bertz CT molecular complexity index is 732. The van der Waals surface area contributed by atoms with Crippen LogP contribution in [0.25, 0.3) is 0 Å². The topological polar surface area (TPSA) is 97.3 Å². The number of nitrogens with one attached hydrogen (secondary N) is 1. The molecule has 26 heavy (non-hydrogen) atoms. The Balaban J connectivity index is 2.50. The van der Waals surface area contributed by atoms with E-state index in [4.69, 9.17) is 33.3 Å². The van der Waals surface area contributed by atoms with Gasteiger partial charge in [0.2, 0.25) is 16.0 Å². The number of alkyl halides is 1. The van der Waals surface area contributed by atoms with E-state index >= 15 is 0 Å². The number of alkyl carbamates (subject to hydrolysis) is 1. The van der Waals surface area contributed by atoms with Gasteiger partial charge in [0, 0.05) is 18.5 Å². The molecule has 1 amide bonds. The Kier molecular flexibility index (Phi) is 5.92. The van der Waals surface area contributed by atoms with Crippen molar-refractivity contribution in [3.05, 3.63) is 0 Å². The first-order valence-corrected chi connectivity index (χ1v) is 10.5. The third-order valence-corrected chi connectivity index (χ3v) is 7.46. The van der Waals surface area contributed by atoms with Crippen molar-refractivity contribution in [3.8, 4) is 0 Å². The minimum absolute atomic E-state index is 0.0138. The molecule has 3 atom stereocenters. The van der Waals surface area contributed by atoms with E-state index in [9.17, 15) is 13.2 Å². The van der Waals surface area contributed by atoms with Crippen LogP contribution in [0.1, 0.15) is 34.1 Å². The summed E-state index contributed by atoms with van der Waals surface area (Å²) >= 11 is 11.6. The molecule has 0 aromatic rings. The second-order valence-corrected chi connectivity index (χ2v) is 10.6. The average Bonchev–Trinajstić information content (AvgIpc) is 2.50. The number of sulfonamides is 1. The van der Waals surface area contributed by atoms with Crippen molar-refractivity contribution in [2.75, 3.05) is 20.3 Å². The van der Waals surface area contributed by atoms with Gasteiger partial charge < -0.3 is 9.47 Å². The number of guanidine groups is 1. The van der Waals surface area contributed by atoms with Gasteiger partial charge in [0.1, 0.15) is 16.4 Å². The molecule has 11 heteroatoms. The van der Waals surface area contributed by atoms with Crippen LogP contribution < -0.4 is 5.32 Å². The molecule has 0 radical (unpaired) electrons. The molecule has 148 valence electrons. The van der Waals surface area contributed by atoms with Crippen molar-refractivity contribution >= 4 is 50.8 Å². The summed E-state index contributed by atoms with van der Waals surface area (Å²) in [4.78, 5) is 16.9. The highest BCUT2D eigenvalue weighted by Crippen LogP contribution is 2.38. The average molecular weight is 426 g/mol. The molecule has 2 aliphatic heterocycles. The maximum Gasteiger partial charge on any atom is 0.414 e. The van der Waals surface area contributed by atoms with Gasteiger partial charge in [0.05, 0.1) is 12.0 Å². The molecule has 1 fully saturated rings. The van der Waals surface area contributed by atoms with Crippen molar-refractivity contribution in [1.29, 1.82) is 0 Å². The van der Waals surface area contributed by atoms with E-state index in [1.54, 1.807) is 27.7 Å². The van der Waals surface area contributed by atoms with Crippen molar-refractivity contribution in [3.63, 3.8) is 0 Å². The van der Waals surface area contributed by atoms with Crippen LogP contribution in [-0.4, -0.2) is 71.7 Å². The number of amides is 1. The third-order valence-electron chi connectivity index (χ3n) is 4.12. The zero-order chi connectivity index (χ0) is 19.9. The number of fused-ring (bicyclic) bond motifs is 1. The van der Waals surface area contributed by atoms with Gasteiger partial charge >= 0.3 is 6.09 Å². The van der Waals surface area contributed by atoms with Crippen LogP contribution in [-0.2, 0) is 19.5 Å². The van der Waals surface area contributed by atoms with Crippen LogP contribution in [0.3, 0.4) is 0 Å². The van der Waals surface area contributed by atoms with E-state index in [1.807, 2.05) is 0 Å². The lowest BCUT2D eigenvalue weighted by atomic mass is 9.87. The Hall–Kier alpha value is -0.970. The lowest BCUT2D eigenvalue weighted by Crippen LogP contribution is -2.67. The van der Waals surface area contributed by atoms with Gasteiger partial charge in [-0.1, -0.05) is 12.2 Å². The Labute approximate surface area is 164 Å². The first-order chi connectivity index (χ1) is 11.8. The van der Waals surface area contributed by atoms with Crippen molar-refractivity contribution < 1.29 is 22.7 Å². The number of hydrogen-bond acceptors (Lipinski definition) is 7. The van der Waals surface area contributed by atoms with Crippen LogP contribution in [0.2, 0.25) is 0 Å². The lowest BCUT2D eigenvalue weighted by Gasteiger charge is -2.46.